The number of aliphatic imine (C=N–C) groups is 1. The topological polar surface area (TPSA) is 69.1 Å². The third-order valence-corrected chi connectivity index (χ3v) is 6.49. The molecule has 2 aromatic rings. The van der Waals surface area contributed by atoms with Crippen LogP contribution in [0.1, 0.15) is 36.2 Å². The summed E-state index contributed by atoms with van der Waals surface area (Å²) < 4.78 is 5.38. The van der Waals surface area contributed by atoms with Crippen molar-refractivity contribution < 1.29 is 4.74 Å². The molecule has 0 amide bonds. The minimum atomic E-state index is 0. The van der Waals surface area contributed by atoms with Gasteiger partial charge < -0.3 is 24.8 Å². The molecule has 1 aliphatic rings. The zero-order chi connectivity index (χ0) is 22.2. The molecule has 2 aromatic heterocycles. The van der Waals surface area contributed by atoms with Crippen molar-refractivity contribution in [2.45, 2.75) is 33.0 Å². The Balaban J connectivity index is 0.00000363. The number of halogens is 1. The molecule has 1 N–H and O–H groups in total. The quantitative estimate of drug-likeness (QED) is 0.296. The Kier molecular flexibility index (Phi) is 11.1. The van der Waals surface area contributed by atoms with E-state index in [9.17, 15) is 0 Å². The van der Waals surface area contributed by atoms with Gasteiger partial charge in [-0.25, -0.2) is 15.0 Å². The van der Waals surface area contributed by atoms with Gasteiger partial charge in [0, 0.05) is 64.0 Å². The summed E-state index contributed by atoms with van der Waals surface area (Å²) in [6, 6.07) is 4.13. The summed E-state index contributed by atoms with van der Waals surface area (Å²) in [6.45, 7) is 10.3. The lowest BCUT2D eigenvalue weighted by molar-refractivity contribution is 0.119. The van der Waals surface area contributed by atoms with Crippen molar-refractivity contribution in [2.75, 3.05) is 58.8 Å². The van der Waals surface area contributed by atoms with Gasteiger partial charge in [-0.05, 0) is 27.0 Å². The van der Waals surface area contributed by atoms with E-state index in [2.05, 4.69) is 50.4 Å². The summed E-state index contributed by atoms with van der Waals surface area (Å²) in [4.78, 5) is 21.1. The molecule has 8 nitrogen and oxygen atoms in total. The van der Waals surface area contributed by atoms with E-state index in [1.165, 1.54) is 0 Å². The molecule has 1 aliphatic heterocycles. The van der Waals surface area contributed by atoms with E-state index in [4.69, 9.17) is 14.7 Å². The number of rotatable bonds is 8. The van der Waals surface area contributed by atoms with Gasteiger partial charge in [0.15, 0.2) is 5.96 Å². The Hall–Kier alpha value is -1.50. The Morgan fingerprint density at radius 1 is 1.34 bits per heavy atom. The first kappa shape index (κ1) is 26.7. The van der Waals surface area contributed by atoms with Crippen LogP contribution in [0.2, 0.25) is 0 Å². The summed E-state index contributed by atoms with van der Waals surface area (Å²) in [6.07, 6.45) is 1.89. The SMILES string of the molecule is CCNC(=NCc1cccnc1N1CCN(C)CC1)N(C)Cc1csc(C(C)OC)n1.I. The number of piperazine rings is 1. The number of hydrogen-bond donors (Lipinski definition) is 1. The Morgan fingerprint density at radius 2 is 2.09 bits per heavy atom. The molecular weight excluding hydrogens is 537 g/mol. The predicted molar refractivity (Wildman–Crippen MR) is 143 cm³/mol. The van der Waals surface area contributed by atoms with E-state index < -0.39 is 0 Å². The molecule has 1 unspecified atom stereocenters. The van der Waals surface area contributed by atoms with Crippen molar-refractivity contribution >= 4 is 47.1 Å². The first-order chi connectivity index (χ1) is 15.0. The van der Waals surface area contributed by atoms with Crippen LogP contribution in [-0.4, -0.2) is 79.7 Å². The number of methoxy groups -OCH3 is 1. The van der Waals surface area contributed by atoms with Gasteiger partial charge in [-0.2, -0.15) is 0 Å². The maximum absolute atomic E-state index is 5.38. The second-order valence-electron chi connectivity index (χ2n) is 7.86. The number of thiazole rings is 1. The number of likely N-dealkylation sites (N-methyl/N-ethyl adjacent to an activating group) is 1. The summed E-state index contributed by atoms with van der Waals surface area (Å²) in [5.74, 6) is 1.92. The van der Waals surface area contributed by atoms with Crippen molar-refractivity contribution in [2.24, 2.45) is 4.99 Å². The number of anilines is 1. The predicted octanol–water partition coefficient (Wildman–Crippen LogP) is 3.21. The van der Waals surface area contributed by atoms with Crippen LogP contribution in [0.25, 0.3) is 0 Å². The Morgan fingerprint density at radius 3 is 2.78 bits per heavy atom. The second kappa shape index (κ2) is 13.3. The molecule has 0 aromatic carbocycles. The van der Waals surface area contributed by atoms with Crippen LogP contribution in [0.5, 0.6) is 0 Å². The average molecular weight is 574 g/mol. The van der Waals surface area contributed by atoms with Crippen molar-refractivity contribution in [3.63, 3.8) is 0 Å². The third kappa shape index (κ3) is 7.26. The van der Waals surface area contributed by atoms with E-state index in [0.717, 1.165) is 60.8 Å². The number of guanidine groups is 1. The molecule has 3 rings (SSSR count). The zero-order valence-electron chi connectivity index (χ0n) is 19.7. The molecule has 10 heteroatoms. The highest BCUT2D eigenvalue weighted by molar-refractivity contribution is 14.0. The lowest BCUT2D eigenvalue weighted by Crippen LogP contribution is -2.45. The van der Waals surface area contributed by atoms with Gasteiger partial charge in [-0.15, -0.1) is 35.3 Å². The zero-order valence-corrected chi connectivity index (χ0v) is 22.9. The van der Waals surface area contributed by atoms with Gasteiger partial charge in [-0.1, -0.05) is 6.07 Å². The lowest BCUT2D eigenvalue weighted by Gasteiger charge is -2.34. The molecule has 0 bridgehead atoms. The highest BCUT2D eigenvalue weighted by Gasteiger charge is 2.18. The van der Waals surface area contributed by atoms with Crippen molar-refractivity contribution in [1.82, 2.24) is 25.1 Å². The van der Waals surface area contributed by atoms with Crippen LogP contribution in [0.3, 0.4) is 0 Å². The Labute approximate surface area is 213 Å². The number of pyridine rings is 1. The van der Waals surface area contributed by atoms with E-state index >= 15 is 0 Å². The molecule has 0 radical (unpaired) electrons. The van der Waals surface area contributed by atoms with E-state index in [-0.39, 0.29) is 30.1 Å². The average Bonchev–Trinajstić information content (AvgIpc) is 3.25. The third-order valence-electron chi connectivity index (χ3n) is 5.44. The fraction of sp³-hybridized carbons (Fsp3) is 0.591. The lowest BCUT2D eigenvalue weighted by atomic mass is 10.2. The van der Waals surface area contributed by atoms with Gasteiger partial charge >= 0.3 is 0 Å². The molecule has 1 fully saturated rings. The smallest absolute Gasteiger partial charge is 0.194 e. The standard InChI is InChI=1S/C22H35N7OS.HI/c1-6-23-22(28(4)15-19-16-31-21(26-19)17(2)30-5)25-14-18-8-7-9-24-20(18)29-12-10-27(3)11-13-29;/h7-9,16-17H,6,10-15H2,1-5H3,(H,23,25);1H. The highest BCUT2D eigenvalue weighted by atomic mass is 127. The van der Waals surface area contributed by atoms with Crippen LogP contribution in [0.15, 0.2) is 28.7 Å². The molecule has 32 heavy (non-hydrogen) atoms. The molecule has 178 valence electrons. The van der Waals surface area contributed by atoms with Crippen LogP contribution in [0, 0.1) is 0 Å². The normalized spacial score (nSPS) is 15.9. The minimum Gasteiger partial charge on any atom is -0.375 e. The number of hydrogen-bond acceptors (Lipinski definition) is 7. The van der Waals surface area contributed by atoms with Gasteiger partial charge in [0.25, 0.3) is 0 Å². The fourth-order valence-corrected chi connectivity index (χ4v) is 4.33. The summed E-state index contributed by atoms with van der Waals surface area (Å²) in [5, 5.41) is 6.50. The van der Waals surface area contributed by atoms with Crippen LogP contribution in [0.4, 0.5) is 5.82 Å². The molecule has 0 saturated carbocycles. The van der Waals surface area contributed by atoms with Crippen LogP contribution in [-0.2, 0) is 17.8 Å². The van der Waals surface area contributed by atoms with Gasteiger partial charge in [0.05, 0.1) is 18.8 Å². The summed E-state index contributed by atoms with van der Waals surface area (Å²) >= 11 is 1.64. The Bertz CT molecular complexity index is 854. The van der Waals surface area contributed by atoms with Gasteiger partial charge in [-0.3, -0.25) is 0 Å². The van der Waals surface area contributed by atoms with Crippen molar-refractivity contribution in [1.29, 1.82) is 0 Å². The largest absolute Gasteiger partial charge is 0.375 e. The van der Waals surface area contributed by atoms with Crippen LogP contribution >= 0.6 is 35.3 Å². The van der Waals surface area contributed by atoms with E-state index in [0.29, 0.717) is 13.1 Å². The van der Waals surface area contributed by atoms with E-state index in [1.807, 2.05) is 26.2 Å². The van der Waals surface area contributed by atoms with E-state index in [1.54, 1.807) is 18.4 Å². The molecule has 3 heterocycles. The number of ether oxygens (including phenoxy) is 1. The maximum Gasteiger partial charge on any atom is 0.194 e. The molecular formula is C22H36IN7OS. The summed E-state index contributed by atoms with van der Waals surface area (Å²) in [5.41, 5.74) is 2.18. The fourth-order valence-electron chi connectivity index (χ4n) is 3.49. The number of nitrogens with zero attached hydrogens (tertiary/aromatic N) is 6. The maximum atomic E-state index is 5.38. The van der Waals surface area contributed by atoms with Gasteiger partial charge in [0.2, 0.25) is 0 Å². The molecule has 1 atom stereocenters. The summed E-state index contributed by atoms with van der Waals surface area (Å²) in [7, 11) is 5.92. The second-order valence-corrected chi connectivity index (χ2v) is 8.75. The molecule has 0 aliphatic carbocycles. The van der Waals surface area contributed by atoms with Gasteiger partial charge in [0.1, 0.15) is 16.9 Å². The first-order valence-electron chi connectivity index (χ1n) is 10.9. The number of aromatic nitrogens is 2. The first-order valence-corrected chi connectivity index (χ1v) is 11.7. The minimum absolute atomic E-state index is 0. The highest BCUT2D eigenvalue weighted by Crippen LogP contribution is 2.22. The van der Waals surface area contributed by atoms with Crippen molar-refractivity contribution in [3.8, 4) is 0 Å². The molecule has 0 spiro atoms. The molecule has 1 saturated heterocycles. The monoisotopic (exact) mass is 573 g/mol. The van der Waals surface area contributed by atoms with Crippen LogP contribution < -0.4 is 10.2 Å². The van der Waals surface area contributed by atoms with Crippen molar-refractivity contribution in [3.05, 3.63) is 40.0 Å². The number of nitrogens with one attached hydrogen (secondary N) is 1.